The van der Waals surface area contributed by atoms with Crippen molar-refractivity contribution >= 4 is 48.5 Å². The van der Waals surface area contributed by atoms with Crippen molar-refractivity contribution in [2.45, 2.75) is 12.8 Å². The summed E-state index contributed by atoms with van der Waals surface area (Å²) in [6.07, 6.45) is 0.692. The summed E-state index contributed by atoms with van der Waals surface area (Å²) in [6.45, 7) is -0.126. The fraction of sp³-hybridized carbons (Fsp3) is 0.135. The molecule has 2 atom stereocenters. The van der Waals surface area contributed by atoms with Crippen LogP contribution in [0.15, 0.2) is 109 Å². The van der Waals surface area contributed by atoms with Crippen LogP contribution in [0.5, 0.6) is 11.5 Å². The number of ketones is 1. The molecule has 0 radical (unpaired) electrons. The highest BCUT2D eigenvalue weighted by atomic mass is 31.2. The quantitative estimate of drug-likeness (QED) is 0.0709. The first kappa shape index (κ1) is 31.5. The van der Waals surface area contributed by atoms with Crippen LogP contribution < -0.4 is 31.1 Å². The number of esters is 1. The molecule has 5 aromatic rings. The molecule has 2 aliphatic rings. The summed E-state index contributed by atoms with van der Waals surface area (Å²) in [5.41, 5.74) is 16.9. The molecule has 2 unspecified atom stereocenters. The van der Waals surface area contributed by atoms with E-state index < -0.39 is 20.7 Å². The molecule has 0 amide bonds. The monoisotopic (exact) mass is 678 g/mol. The predicted molar refractivity (Wildman–Crippen MR) is 188 cm³/mol. The molecule has 0 fully saturated rings. The second kappa shape index (κ2) is 12.5. The third-order valence-corrected chi connectivity index (χ3v) is 13.4. The van der Waals surface area contributed by atoms with Crippen molar-refractivity contribution < 1.29 is 32.5 Å². The van der Waals surface area contributed by atoms with Crippen LogP contribution in [-0.4, -0.2) is 30.7 Å². The lowest BCUT2D eigenvalue weighted by Crippen LogP contribution is -2.22. The molecule has 48 heavy (non-hydrogen) atoms. The van der Waals surface area contributed by atoms with Crippen molar-refractivity contribution in [1.82, 2.24) is 0 Å². The third kappa shape index (κ3) is 5.92. The van der Waals surface area contributed by atoms with Crippen molar-refractivity contribution in [3.05, 3.63) is 120 Å². The standard InChI is InChI=1S/C37H32N2O7P2/c38-26-15-17-33-30(22-26)28-6-1-3-9-35(28)47(42,45-33)20-5-8-32(40)24-11-13-25(14-12-24)37(41)44-19-21-48(43)36-10-4-2-7-29(36)31-23-27(39)16-18-34(31)46-48/h1-4,6-7,9-18,22-23H,5,8,19-21,38-39H2. The lowest BCUT2D eigenvalue weighted by molar-refractivity contribution is 0.0527. The Hall–Kier alpha value is -5.10. The number of fused-ring (bicyclic) bond motifs is 6. The number of ether oxygens (including phenoxy) is 1. The Morgan fingerprint density at radius 2 is 1.10 bits per heavy atom. The average molecular weight is 679 g/mol. The lowest BCUT2D eigenvalue weighted by atomic mass is 10.0. The van der Waals surface area contributed by atoms with Crippen LogP contribution in [-0.2, 0) is 13.9 Å². The van der Waals surface area contributed by atoms with E-state index >= 15 is 0 Å². The predicted octanol–water partition coefficient (Wildman–Crippen LogP) is 7.30. The van der Waals surface area contributed by atoms with Crippen LogP contribution in [0.25, 0.3) is 22.3 Å². The Labute approximate surface area is 277 Å². The first-order valence-electron chi connectivity index (χ1n) is 15.5. The Morgan fingerprint density at radius 1 is 0.604 bits per heavy atom. The zero-order valence-corrected chi connectivity index (χ0v) is 27.6. The number of nitrogens with two attached hydrogens (primary N) is 2. The second-order valence-electron chi connectivity index (χ2n) is 11.8. The molecule has 2 aliphatic heterocycles. The summed E-state index contributed by atoms with van der Waals surface area (Å²) in [5.74, 6) is 0.233. The van der Waals surface area contributed by atoms with E-state index in [1.807, 2.05) is 36.4 Å². The van der Waals surface area contributed by atoms with Gasteiger partial charge in [-0.2, -0.15) is 0 Å². The maximum atomic E-state index is 14.0. The average Bonchev–Trinajstić information content (AvgIpc) is 3.09. The number of benzene rings is 5. The minimum atomic E-state index is -3.38. The van der Waals surface area contributed by atoms with Crippen LogP contribution in [0, 0.1) is 0 Å². The molecule has 0 aromatic heterocycles. The van der Waals surface area contributed by atoms with Crippen molar-refractivity contribution in [1.29, 1.82) is 0 Å². The van der Waals surface area contributed by atoms with Gasteiger partial charge in [-0.1, -0.05) is 48.5 Å². The zero-order chi connectivity index (χ0) is 33.5. The molecule has 242 valence electrons. The van der Waals surface area contributed by atoms with E-state index in [-0.39, 0.29) is 36.7 Å². The topological polar surface area (TPSA) is 148 Å². The highest BCUT2D eigenvalue weighted by Gasteiger charge is 2.37. The van der Waals surface area contributed by atoms with Gasteiger partial charge in [-0.15, -0.1) is 0 Å². The number of rotatable bonds is 9. The van der Waals surface area contributed by atoms with E-state index in [1.54, 1.807) is 60.7 Å². The minimum absolute atomic E-state index is 0.00613. The number of Topliss-reactive ketones (excluding diaryl/α,β-unsaturated/α-hetero) is 1. The summed E-state index contributed by atoms with van der Waals surface area (Å²) < 4.78 is 45.5. The maximum absolute atomic E-state index is 14.0. The van der Waals surface area contributed by atoms with Gasteiger partial charge in [0.15, 0.2) is 5.78 Å². The SMILES string of the molecule is Nc1ccc2c(c1)-c1ccccc1P(=O)(CCCC(=O)c1ccc(C(=O)OCCP3(=O)Oc4ccc(N)cc4-c4ccccc43)cc1)O2. The molecular weight excluding hydrogens is 646 g/mol. The van der Waals surface area contributed by atoms with Gasteiger partial charge in [-0.05, 0) is 78.2 Å². The van der Waals surface area contributed by atoms with Crippen LogP contribution in [0.1, 0.15) is 33.6 Å². The van der Waals surface area contributed by atoms with Crippen LogP contribution >= 0.6 is 14.7 Å². The molecule has 0 saturated heterocycles. The molecule has 7 rings (SSSR count). The fourth-order valence-corrected chi connectivity index (χ4v) is 10.6. The number of hydrogen-bond acceptors (Lipinski definition) is 9. The van der Waals surface area contributed by atoms with E-state index in [4.69, 9.17) is 25.3 Å². The molecule has 0 bridgehead atoms. The fourth-order valence-electron chi connectivity index (χ4n) is 6.15. The summed E-state index contributed by atoms with van der Waals surface area (Å²) in [6, 6.07) is 31.3. The summed E-state index contributed by atoms with van der Waals surface area (Å²) in [4.78, 5) is 25.9. The summed E-state index contributed by atoms with van der Waals surface area (Å²) in [5, 5.41) is 1.18. The summed E-state index contributed by atoms with van der Waals surface area (Å²) in [7, 11) is -6.65. The highest BCUT2D eigenvalue weighted by molar-refractivity contribution is 7.68. The molecule has 0 spiro atoms. The van der Waals surface area contributed by atoms with Crippen molar-refractivity contribution in [3.63, 3.8) is 0 Å². The van der Waals surface area contributed by atoms with E-state index in [0.717, 1.165) is 22.3 Å². The number of carbonyl (C=O) groups excluding carboxylic acids is 2. The number of hydrogen-bond donors (Lipinski definition) is 2. The second-order valence-corrected chi connectivity index (χ2v) is 16.7. The number of anilines is 2. The van der Waals surface area contributed by atoms with Gasteiger partial charge in [0, 0.05) is 40.6 Å². The molecule has 5 aromatic carbocycles. The van der Waals surface area contributed by atoms with Gasteiger partial charge in [0.05, 0.1) is 22.3 Å². The van der Waals surface area contributed by atoms with E-state index in [0.29, 0.717) is 45.5 Å². The zero-order valence-electron chi connectivity index (χ0n) is 25.8. The molecule has 4 N–H and O–H groups in total. The molecule has 9 nitrogen and oxygen atoms in total. The summed E-state index contributed by atoms with van der Waals surface area (Å²) >= 11 is 0. The van der Waals surface area contributed by atoms with Gasteiger partial charge in [0.1, 0.15) is 18.1 Å². The van der Waals surface area contributed by atoms with Crippen LogP contribution in [0.4, 0.5) is 11.4 Å². The van der Waals surface area contributed by atoms with Crippen molar-refractivity contribution in [3.8, 4) is 33.8 Å². The smallest absolute Gasteiger partial charge is 0.338 e. The van der Waals surface area contributed by atoms with Gasteiger partial charge in [-0.25, -0.2) is 4.79 Å². The van der Waals surface area contributed by atoms with Gasteiger partial charge in [0.2, 0.25) is 0 Å². The number of nitrogen functional groups attached to an aromatic ring is 2. The largest absolute Gasteiger partial charge is 0.461 e. The van der Waals surface area contributed by atoms with Gasteiger partial charge in [-0.3, -0.25) is 13.9 Å². The van der Waals surface area contributed by atoms with E-state index in [1.165, 1.54) is 12.1 Å². The Morgan fingerprint density at radius 3 is 1.67 bits per heavy atom. The normalized spacial score (nSPS) is 18.6. The van der Waals surface area contributed by atoms with Crippen molar-refractivity contribution in [2.75, 3.05) is 30.4 Å². The van der Waals surface area contributed by atoms with E-state index in [9.17, 15) is 18.7 Å². The van der Waals surface area contributed by atoms with Gasteiger partial charge in [0.25, 0.3) is 14.7 Å². The van der Waals surface area contributed by atoms with Gasteiger partial charge < -0.3 is 25.3 Å². The molecule has 2 heterocycles. The van der Waals surface area contributed by atoms with E-state index in [2.05, 4.69) is 0 Å². The maximum Gasteiger partial charge on any atom is 0.338 e. The Kier molecular flexibility index (Phi) is 8.20. The first-order chi connectivity index (χ1) is 23.1. The Bertz CT molecular complexity index is 2030. The van der Waals surface area contributed by atoms with Crippen LogP contribution in [0.3, 0.4) is 0 Å². The first-order valence-corrected chi connectivity index (χ1v) is 19.1. The molecule has 0 aliphatic carbocycles. The molecule has 0 saturated carbocycles. The number of carbonyl (C=O) groups is 2. The molecule has 11 heteroatoms. The Balaban J connectivity index is 0.950. The van der Waals surface area contributed by atoms with Gasteiger partial charge >= 0.3 is 5.97 Å². The minimum Gasteiger partial charge on any atom is -0.461 e. The highest BCUT2D eigenvalue weighted by Crippen LogP contribution is 2.56. The lowest BCUT2D eigenvalue weighted by Gasteiger charge is -2.29. The third-order valence-electron chi connectivity index (χ3n) is 8.54. The van der Waals surface area contributed by atoms with Crippen molar-refractivity contribution in [2.24, 2.45) is 0 Å². The van der Waals surface area contributed by atoms with Crippen LogP contribution in [0.2, 0.25) is 0 Å². The molecular formula is C37H32N2O7P2.